The first-order chi connectivity index (χ1) is 16.6. The maximum absolute atomic E-state index is 13.3. The van der Waals surface area contributed by atoms with Crippen molar-refractivity contribution in [3.8, 4) is 22.9 Å². The van der Waals surface area contributed by atoms with Crippen LogP contribution >= 0.6 is 27.5 Å². The molecule has 0 fully saturated rings. The molecule has 0 saturated heterocycles. The smallest absolute Gasteiger partial charge is 0.261 e. The van der Waals surface area contributed by atoms with E-state index < -0.39 is 0 Å². The fourth-order valence-corrected chi connectivity index (χ4v) is 4.63. The van der Waals surface area contributed by atoms with E-state index in [1.165, 1.54) is 0 Å². The van der Waals surface area contributed by atoms with Crippen LogP contribution in [0.5, 0.6) is 11.5 Å². The third kappa shape index (κ3) is 5.80. The maximum Gasteiger partial charge on any atom is 0.261 e. The highest BCUT2D eigenvalue weighted by Crippen LogP contribution is 2.28. The standard InChI is InChI=1S/C27H26BrClN2O3/c1-33-21-13-10-19(11-14-21)26-30-24-9-5-4-8-22(24)27(32)31(26)16-6-2-3-7-17-34-25-15-12-20(29)18-23(25)28/h4-5,8-15,18H,2-3,6-7,16-17H2,1H3. The number of fused-ring (bicyclic) bond motifs is 1. The first-order valence-electron chi connectivity index (χ1n) is 11.3. The van der Waals surface area contributed by atoms with E-state index in [2.05, 4.69) is 15.9 Å². The van der Waals surface area contributed by atoms with Crippen molar-refractivity contribution in [3.05, 3.63) is 86.6 Å². The van der Waals surface area contributed by atoms with E-state index >= 15 is 0 Å². The number of para-hydroxylation sites is 1. The molecule has 3 aromatic carbocycles. The number of nitrogens with zero attached hydrogens (tertiary/aromatic N) is 2. The summed E-state index contributed by atoms with van der Waals surface area (Å²) in [7, 11) is 1.64. The number of benzene rings is 3. The van der Waals surface area contributed by atoms with Crippen molar-refractivity contribution in [1.82, 2.24) is 9.55 Å². The van der Waals surface area contributed by atoms with Gasteiger partial charge in [0.25, 0.3) is 5.56 Å². The largest absolute Gasteiger partial charge is 0.497 e. The predicted octanol–water partition coefficient (Wildman–Crippen LogP) is 7.13. The van der Waals surface area contributed by atoms with Gasteiger partial charge in [0, 0.05) is 17.1 Å². The van der Waals surface area contributed by atoms with Crippen LogP contribution in [0.2, 0.25) is 5.02 Å². The molecule has 0 N–H and O–H groups in total. The van der Waals surface area contributed by atoms with E-state index in [1.54, 1.807) is 11.7 Å². The van der Waals surface area contributed by atoms with Crippen LogP contribution in [-0.2, 0) is 6.54 Å². The maximum atomic E-state index is 13.3. The lowest BCUT2D eigenvalue weighted by molar-refractivity contribution is 0.302. The van der Waals surface area contributed by atoms with Crippen molar-refractivity contribution < 1.29 is 9.47 Å². The third-order valence-corrected chi connectivity index (χ3v) is 6.49. The zero-order valence-corrected chi connectivity index (χ0v) is 21.3. The minimum Gasteiger partial charge on any atom is -0.497 e. The Morgan fingerprint density at radius 1 is 0.971 bits per heavy atom. The van der Waals surface area contributed by atoms with Crippen molar-refractivity contribution in [2.75, 3.05) is 13.7 Å². The second kappa shape index (κ2) is 11.5. The lowest BCUT2D eigenvalue weighted by Crippen LogP contribution is -2.23. The molecule has 0 aliphatic rings. The van der Waals surface area contributed by atoms with Gasteiger partial charge in [-0.1, -0.05) is 36.6 Å². The number of hydrogen-bond donors (Lipinski definition) is 0. The van der Waals surface area contributed by atoms with Gasteiger partial charge in [0.15, 0.2) is 0 Å². The molecule has 0 aliphatic heterocycles. The number of hydrogen-bond acceptors (Lipinski definition) is 4. The topological polar surface area (TPSA) is 53.3 Å². The number of halogens is 2. The van der Waals surface area contributed by atoms with E-state index in [9.17, 15) is 4.79 Å². The summed E-state index contributed by atoms with van der Waals surface area (Å²) in [6, 6.07) is 20.7. The molecule has 34 heavy (non-hydrogen) atoms. The molecule has 0 atom stereocenters. The van der Waals surface area contributed by atoms with Gasteiger partial charge in [-0.25, -0.2) is 4.98 Å². The fourth-order valence-electron chi connectivity index (χ4n) is 3.84. The molecule has 0 saturated carbocycles. The zero-order valence-electron chi connectivity index (χ0n) is 19.0. The van der Waals surface area contributed by atoms with E-state index in [0.29, 0.717) is 34.9 Å². The Labute approximate surface area is 212 Å². The van der Waals surface area contributed by atoms with Crippen molar-refractivity contribution in [3.63, 3.8) is 0 Å². The monoisotopic (exact) mass is 540 g/mol. The first kappa shape index (κ1) is 24.3. The molecule has 176 valence electrons. The van der Waals surface area contributed by atoms with Crippen LogP contribution in [0.1, 0.15) is 25.7 Å². The van der Waals surface area contributed by atoms with Gasteiger partial charge < -0.3 is 9.47 Å². The Kier molecular flexibility index (Phi) is 8.25. The van der Waals surface area contributed by atoms with Gasteiger partial charge in [0.1, 0.15) is 17.3 Å². The van der Waals surface area contributed by atoms with Crippen LogP contribution in [0.4, 0.5) is 0 Å². The molecule has 0 amide bonds. The van der Waals surface area contributed by atoms with Gasteiger partial charge in [-0.15, -0.1) is 0 Å². The number of ether oxygens (including phenoxy) is 2. The lowest BCUT2D eigenvalue weighted by Gasteiger charge is -2.14. The Bertz CT molecular complexity index is 1320. The second-order valence-corrected chi connectivity index (χ2v) is 9.27. The minimum absolute atomic E-state index is 0.00709. The Balaban J connectivity index is 1.40. The highest BCUT2D eigenvalue weighted by molar-refractivity contribution is 9.10. The minimum atomic E-state index is -0.00709. The molecule has 0 radical (unpaired) electrons. The number of aromatic nitrogens is 2. The van der Waals surface area contributed by atoms with Crippen molar-refractivity contribution in [2.24, 2.45) is 0 Å². The first-order valence-corrected chi connectivity index (χ1v) is 12.5. The average Bonchev–Trinajstić information content (AvgIpc) is 2.85. The Hall–Kier alpha value is -2.83. The summed E-state index contributed by atoms with van der Waals surface area (Å²) in [5.74, 6) is 2.25. The summed E-state index contributed by atoms with van der Waals surface area (Å²) in [6.07, 6.45) is 3.82. The van der Waals surface area contributed by atoms with Crippen molar-refractivity contribution in [1.29, 1.82) is 0 Å². The molecule has 0 spiro atoms. The molecule has 1 heterocycles. The summed E-state index contributed by atoms with van der Waals surface area (Å²) >= 11 is 9.44. The van der Waals surface area contributed by atoms with Gasteiger partial charge in [-0.3, -0.25) is 9.36 Å². The van der Waals surface area contributed by atoms with Crippen LogP contribution in [0.3, 0.4) is 0 Å². The van der Waals surface area contributed by atoms with Crippen LogP contribution in [-0.4, -0.2) is 23.3 Å². The Morgan fingerprint density at radius 2 is 1.74 bits per heavy atom. The summed E-state index contributed by atoms with van der Waals surface area (Å²) in [6.45, 7) is 1.25. The highest BCUT2D eigenvalue weighted by Gasteiger charge is 2.13. The third-order valence-electron chi connectivity index (χ3n) is 5.64. The normalized spacial score (nSPS) is 11.0. The zero-order chi connectivity index (χ0) is 23.9. The number of rotatable bonds is 10. The van der Waals surface area contributed by atoms with Crippen LogP contribution in [0.25, 0.3) is 22.3 Å². The molecule has 5 nitrogen and oxygen atoms in total. The van der Waals surface area contributed by atoms with E-state index in [-0.39, 0.29) is 5.56 Å². The molecular formula is C27H26BrClN2O3. The van der Waals surface area contributed by atoms with Gasteiger partial charge in [-0.05, 0) is 83.4 Å². The lowest BCUT2D eigenvalue weighted by atomic mass is 10.1. The van der Waals surface area contributed by atoms with Crippen LogP contribution in [0, 0.1) is 0 Å². The Morgan fingerprint density at radius 3 is 2.50 bits per heavy atom. The molecule has 0 bridgehead atoms. The van der Waals surface area contributed by atoms with Crippen LogP contribution < -0.4 is 15.0 Å². The number of unbranched alkanes of at least 4 members (excludes halogenated alkanes) is 3. The summed E-state index contributed by atoms with van der Waals surface area (Å²) < 4.78 is 13.8. The molecule has 7 heteroatoms. The van der Waals surface area contributed by atoms with Gasteiger partial charge >= 0.3 is 0 Å². The van der Waals surface area contributed by atoms with Crippen LogP contribution in [0.15, 0.2) is 76.0 Å². The quantitative estimate of drug-likeness (QED) is 0.200. The fraction of sp³-hybridized carbons (Fsp3) is 0.259. The molecular weight excluding hydrogens is 516 g/mol. The summed E-state index contributed by atoms with van der Waals surface area (Å²) in [4.78, 5) is 18.1. The molecule has 0 aliphatic carbocycles. The molecule has 4 aromatic rings. The number of methoxy groups -OCH3 is 1. The van der Waals surface area contributed by atoms with E-state index in [1.807, 2.05) is 66.7 Å². The van der Waals surface area contributed by atoms with Gasteiger partial charge in [-0.2, -0.15) is 0 Å². The van der Waals surface area contributed by atoms with Crippen molar-refractivity contribution in [2.45, 2.75) is 32.2 Å². The molecule has 0 unspecified atom stereocenters. The van der Waals surface area contributed by atoms with Gasteiger partial charge in [0.2, 0.25) is 0 Å². The van der Waals surface area contributed by atoms with E-state index in [0.717, 1.165) is 47.2 Å². The van der Waals surface area contributed by atoms with Gasteiger partial charge in [0.05, 0.1) is 29.1 Å². The van der Waals surface area contributed by atoms with E-state index in [4.69, 9.17) is 26.1 Å². The van der Waals surface area contributed by atoms with Crippen molar-refractivity contribution >= 4 is 38.4 Å². The average molecular weight is 542 g/mol. The molecule has 4 rings (SSSR count). The molecule has 1 aromatic heterocycles. The summed E-state index contributed by atoms with van der Waals surface area (Å²) in [5, 5.41) is 1.31. The SMILES string of the molecule is COc1ccc(-c2nc3ccccc3c(=O)n2CCCCCCOc2ccc(Cl)cc2Br)cc1. The summed E-state index contributed by atoms with van der Waals surface area (Å²) in [5.41, 5.74) is 1.60. The highest BCUT2D eigenvalue weighted by atomic mass is 79.9. The predicted molar refractivity (Wildman–Crippen MR) is 141 cm³/mol. The second-order valence-electron chi connectivity index (χ2n) is 7.98.